The van der Waals surface area contributed by atoms with Gasteiger partial charge in [-0.2, -0.15) is 4.98 Å². The Balaban J connectivity index is 2.19. The van der Waals surface area contributed by atoms with E-state index in [0.29, 0.717) is 17.9 Å². The molecule has 6 heteroatoms. The van der Waals surface area contributed by atoms with E-state index in [9.17, 15) is 0 Å². The predicted octanol–water partition coefficient (Wildman–Crippen LogP) is 1.05. The lowest BCUT2D eigenvalue weighted by atomic mass is 10.2. The highest BCUT2D eigenvalue weighted by Gasteiger charge is 2.21. The molecule has 2 rings (SSSR count). The zero-order chi connectivity index (χ0) is 11.5. The van der Waals surface area contributed by atoms with E-state index in [1.807, 2.05) is 7.05 Å². The Kier molecular flexibility index (Phi) is 3.60. The molecule has 5 nitrogen and oxygen atoms in total. The van der Waals surface area contributed by atoms with E-state index in [0.717, 1.165) is 24.0 Å². The van der Waals surface area contributed by atoms with E-state index >= 15 is 0 Å². The van der Waals surface area contributed by atoms with E-state index in [2.05, 4.69) is 36.1 Å². The van der Waals surface area contributed by atoms with Gasteiger partial charge in [0.25, 0.3) is 0 Å². The van der Waals surface area contributed by atoms with Crippen LogP contribution < -0.4 is 15.0 Å². The second-order valence-electron chi connectivity index (χ2n) is 3.78. The fourth-order valence-electron chi connectivity index (χ4n) is 1.79. The van der Waals surface area contributed by atoms with Crippen molar-refractivity contribution in [3.8, 4) is 5.88 Å². The molecule has 0 radical (unpaired) electrons. The van der Waals surface area contributed by atoms with Crippen LogP contribution in [0.5, 0.6) is 5.88 Å². The molecule has 1 aliphatic rings. The van der Waals surface area contributed by atoms with Gasteiger partial charge in [-0.1, -0.05) is 0 Å². The highest BCUT2D eigenvalue weighted by atomic mass is 79.9. The van der Waals surface area contributed by atoms with Gasteiger partial charge in [0.15, 0.2) is 0 Å². The molecule has 1 aliphatic heterocycles. The molecule has 1 saturated heterocycles. The highest BCUT2D eigenvalue weighted by molar-refractivity contribution is 9.10. The molecule has 0 amide bonds. The average Bonchev–Trinajstić information content (AvgIpc) is 2.82. The molecule has 1 atom stereocenters. The minimum atomic E-state index is 0.464. The SMILES string of the molecule is COc1nc(N(C)C2CCNC2)ncc1Br. The summed E-state index contributed by atoms with van der Waals surface area (Å²) >= 11 is 3.34. The van der Waals surface area contributed by atoms with Gasteiger partial charge in [-0.15, -0.1) is 0 Å². The van der Waals surface area contributed by atoms with Crippen molar-refractivity contribution in [1.29, 1.82) is 0 Å². The Labute approximate surface area is 103 Å². The summed E-state index contributed by atoms with van der Waals surface area (Å²) in [5.41, 5.74) is 0. The highest BCUT2D eigenvalue weighted by Crippen LogP contribution is 2.24. The second kappa shape index (κ2) is 4.97. The fourth-order valence-corrected chi connectivity index (χ4v) is 2.14. The molecule has 0 aromatic carbocycles. The third-order valence-corrected chi connectivity index (χ3v) is 3.33. The molecule has 88 valence electrons. The minimum Gasteiger partial charge on any atom is -0.480 e. The standard InChI is InChI=1S/C10H15BrN4O/c1-15(7-3-4-12-5-7)10-13-6-8(11)9(14-10)16-2/h6-7,12H,3-5H2,1-2H3. The smallest absolute Gasteiger partial charge is 0.232 e. The Morgan fingerprint density at radius 3 is 3.06 bits per heavy atom. The molecule has 0 bridgehead atoms. The number of hydrogen-bond donors (Lipinski definition) is 1. The van der Waals surface area contributed by atoms with Gasteiger partial charge in [-0.3, -0.25) is 0 Å². The van der Waals surface area contributed by atoms with Gasteiger partial charge < -0.3 is 15.0 Å². The van der Waals surface area contributed by atoms with Crippen LogP contribution in [0.4, 0.5) is 5.95 Å². The first-order chi connectivity index (χ1) is 7.72. The molecule has 0 saturated carbocycles. The molecule has 0 aliphatic carbocycles. The normalized spacial score (nSPS) is 19.8. The number of halogens is 1. The van der Waals surface area contributed by atoms with Crippen LogP contribution in [0.3, 0.4) is 0 Å². The summed E-state index contributed by atoms with van der Waals surface area (Å²) in [5, 5.41) is 3.33. The summed E-state index contributed by atoms with van der Waals surface area (Å²) < 4.78 is 5.93. The third-order valence-electron chi connectivity index (χ3n) is 2.79. The summed E-state index contributed by atoms with van der Waals surface area (Å²) in [6.45, 7) is 2.04. The van der Waals surface area contributed by atoms with Crippen LogP contribution in [0.15, 0.2) is 10.7 Å². The number of likely N-dealkylation sites (N-methyl/N-ethyl adjacent to an activating group) is 1. The van der Waals surface area contributed by atoms with Crippen LogP contribution in [0.2, 0.25) is 0 Å². The first-order valence-corrected chi connectivity index (χ1v) is 6.01. The van der Waals surface area contributed by atoms with Crippen LogP contribution in [0.25, 0.3) is 0 Å². The number of ether oxygens (including phenoxy) is 1. The van der Waals surface area contributed by atoms with E-state index in [1.165, 1.54) is 0 Å². The maximum absolute atomic E-state index is 5.16. The van der Waals surface area contributed by atoms with Gasteiger partial charge in [0, 0.05) is 19.6 Å². The Hall–Kier alpha value is -0.880. The van der Waals surface area contributed by atoms with Gasteiger partial charge in [0.2, 0.25) is 11.8 Å². The fraction of sp³-hybridized carbons (Fsp3) is 0.600. The maximum atomic E-state index is 5.16. The van der Waals surface area contributed by atoms with Crippen molar-refractivity contribution in [1.82, 2.24) is 15.3 Å². The molecule has 1 unspecified atom stereocenters. The number of rotatable bonds is 3. The molecule has 1 fully saturated rings. The first kappa shape index (κ1) is 11.6. The average molecular weight is 287 g/mol. The van der Waals surface area contributed by atoms with Crippen molar-refractivity contribution >= 4 is 21.9 Å². The molecule has 1 aromatic heterocycles. The lowest BCUT2D eigenvalue weighted by molar-refractivity contribution is 0.393. The predicted molar refractivity (Wildman–Crippen MR) is 66.0 cm³/mol. The number of methoxy groups -OCH3 is 1. The van der Waals surface area contributed by atoms with Gasteiger partial charge in [-0.25, -0.2) is 4.98 Å². The summed E-state index contributed by atoms with van der Waals surface area (Å²) in [6.07, 6.45) is 2.85. The van der Waals surface area contributed by atoms with Crippen molar-refractivity contribution in [2.45, 2.75) is 12.5 Å². The van der Waals surface area contributed by atoms with Gasteiger partial charge in [-0.05, 0) is 28.9 Å². The number of aromatic nitrogens is 2. The molecule has 0 spiro atoms. The van der Waals surface area contributed by atoms with E-state index < -0.39 is 0 Å². The second-order valence-corrected chi connectivity index (χ2v) is 4.64. The Bertz CT molecular complexity index is 368. The summed E-state index contributed by atoms with van der Waals surface area (Å²) in [6, 6.07) is 0.464. The van der Waals surface area contributed by atoms with Crippen molar-refractivity contribution in [2.24, 2.45) is 0 Å². The van der Waals surface area contributed by atoms with E-state index in [1.54, 1.807) is 13.3 Å². The van der Waals surface area contributed by atoms with Crippen molar-refractivity contribution in [3.05, 3.63) is 10.7 Å². The monoisotopic (exact) mass is 286 g/mol. The van der Waals surface area contributed by atoms with E-state index in [4.69, 9.17) is 4.74 Å². The van der Waals surface area contributed by atoms with Crippen molar-refractivity contribution in [3.63, 3.8) is 0 Å². The summed E-state index contributed by atoms with van der Waals surface area (Å²) in [4.78, 5) is 10.7. The molecule has 16 heavy (non-hydrogen) atoms. The number of nitrogens with one attached hydrogen (secondary N) is 1. The van der Waals surface area contributed by atoms with Gasteiger partial charge >= 0.3 is 0 Å². The van der Waals surface area contributed by atoms with Crippen LogP contribution in [0.1, 0.15) is 6.42 Å². The minimum absolute atomic E-state index is 0.464. The van der Waals surface area contributed by atoms with Crippen molar-refractivity contribution in [2.75, 3.05) is 32.1 Å². The third kappa shape index (κ3) is 2.27. The molecule has 1 N–H and O–H groups in total. The number of nitrogens with zero attached hydrogens (tertiary/aromatic N) is 3. The lowest BCUT2D eigenvalue weighted by Crippen LogP contribution is -2.34. The summed E-state index contributed by atoms with van der Waals surface area (Å²) in [5.74, 6) is 1.27. The Morgan fingerprint density at radius 1 is 1.62 bits per heavy atom. The number of anilines is 1. The van der Waals surface area contributed by atoms with Crippen LogP contribution >= 0.6 is 15.9 Å². The summed E-state index contributed by atoms with van der Waals surface area (Å²) in [7, 11) is 3.62. The van der Waals surface area contributed by atoms with Crippen LogP contribution in [-0.2, 0) is 0 Å². The zero-order valence-corrected chi connectivity index (χ0v) is 11.0. The maximum Gasteiger partial charge on any atom is 0.232 e. The first-order valence-electron chi connectivity index (χ1n) is 5.22. The quantitative estimate of drug-likeness (QED) is 0.900. The van der Waals surface area contributed by atoms with Crippen LogP contribution in [0, 0.1) is 0 Å². The Morgan fingerprint density at radius 2 is 2.44 bits per heavy atom. The lowest BCUT2D eigenvalue weighted by Gasteiger charge is -2.23. The topological polar surface area (TPSA) is 50.3 Å². The number of hydrogen-bond acceptors (Lipinski definition) is 5. The molecule has 2 heterocycles. The molecular weight excluding hydrogens is 272 g/mol. The van der Waals surface area contributed by atoms with Gasteiger partial charge in [0.05, 0.1) is 17.8 Å². The zero-order valence-electron chi connectivity index (χ0n) is 9.40. The largest absolute Gasteiger partial charge is 0.480 e. The van der Waals surface area contributed by atoms with Crippen molar-refractivity contribution < 1.29 is 4.74 Å². The van der Waals surface area contributed by atoms with E-state index in [-0.39, 0.29) is 0 Å². The van der Waals surface area contributed by atoms with Crippen LogP contribution in [-0.4, -0.2) is 43.3 Å². The molecule has 1 aromatic rings. The molecular formula is C10H15BrN4O. The van der Waals surface area contributed by atoms with Gasteiger partial charge in [0.1, 0.15) is 0 Å².